The summed E-state index contributed by atoms with van der Waals surface area (Å²) in [4.78, 5) is 10.3. The van der Waals surface area contributed by atoms with Crippen LogP contribution in [0.3, 0.4) is 0 Å². The predicted molar refractivity (Wildman–Crippen MR) is 62.8 cm³/mol. The molecule has 0 aliphatic heterocycles. The molecule has 0 aromatic heterocycles. The van der Waals surface area contributed by atoms with Gasteiger partial charge in [-0.25, -0.2) is 0 Å². The van der Waals surface area contributed by atoms with Crippen molar-refractivity contribution in [3.05, 3.63) is 33.9 Å². The van der Waals surface area contributed by atoms with Gasteiger partial charge in [0, 0.05) is 37.6 Å². The van der Waals surface area contributed by atoms with E-state index in [1.165, 1.54) is 0 Å². The molecule has 0 saturated carbocycles. The Morgan fingerprint density at radius 1 is 1.50 bits per heavy atom. The molecule has 88 valence electrons. The largest absolute Gasteiger partial charge is 0.385 e. The highest BCUT2D eigenvalue weighted by atomic mass is 16.6. The van der Waals surface area contributed by atoms with Crippen molar-refractivity contribution < 1.29 is 9.66 Å². The first-order valence-electron chi connectivity index (χ1n) is 5.13. The van der Waals surface area contributed by atoms with Crippen LogP contribution < -0.4 is 5.32 Å². The quantitative estimate of drug-likeness (QED) is 0.457. The highest BCUT2D eigenvalue weighted by molar-refractivity contribution is 5.54. The molecule has 0 atom stereocenters. The fraction of sp³-hybridized carbons (Fsp3) is 0.455. The van der Waals surface area contributed by atoms with Gasteiger partial charge in [-0.15, -0.1) is 0 Å². The van der Waals surface area contributed by atoms with Gasteiger partial charge >= 0.3 is 0 Å². The van der Waals surface area contributed by atoms with E-state index in [2.05, 4.69) is 5.32 Å². The zero-order chi connectivity index (χ0) is 12.0. The molecule has 0 aliphatic rings. The number of ether oxygens (including phenoxy) is 1. The lowest BCUT2D eigenvalue weighted by molar-refractivity contribution is -0.385. The number of rotatable bonds is 6. The number of methoxy groups -OCH3 is 1. The fourth-order valence-corrected chi connectivity index (χ4v) is 1.37. The van der Waals surface area contributed by atoms with Crippen molar-refractivity contribution in [1.29, 1.82) is 0 Å². The second-order valence-electron chi connectivity index (χ2n) is 3.53. The van der Waals surface area contributed by atoms with E-state index in [1.54, 1.807) is 26.2 Å². The molecule has 1 aromatic rings. The third-order valence-corrected chi connectivity index (χ3v) is 2.26. The first-order valence-corrected chi connectivity index (χ1v) is 5.13. The summed E-state index contributed by atoms with van der Waals surface area (Å²) in [5, 5.41) is 13.8. The van der Waals surface area contributed by atoms with Crippen molar-refractivity contribution in [2.24, 2.45) is 0 Å². The van der Waals surface area contributed by atoms with Crippen molar-refractivity contribution in [1.82, 2.24) is 0 Å². The van der Waals surface area contributed by atoms with Crippen molar-refractivity contribution in [2.45, 2.75) is 13.3 Å². The normalized spacial score (nSPS) is 10.1. The molecule has 5 heteroatoms. The molecule has 0 aliphatic carbocycles. The molecule has 5 nitrogen and oxygen atoms in total. The Kier molecular flexibility index (Phi) is 4.72. The first-order chi connectivity index (χ1) is 7.65. The van der Waals surface area contributed by atoms with Crippen molar-refractivity contribution in [2.75, 3.05) is 25.6 Å². The maximum Gasteiger partial charge on any atom is 0.274 e. The number of nitro groups is 1. The molecule has 0 bridgehead atoms. The van der Waals surface area contributed by atoms with Gasteiger partial charge in [-0.3, -0.25) is 10.1 Å². The molecule has 16 heavy (non-hydrogen) atoms. The van der Waals surface area contributed by atoms with Crippen molar-refractivity contribution in [3.63, 3.8) is 0 Å². The van der Waals surface area contributed by atoms with Crippen LogP contribution in [0.5, 0.6) is 0 Å². The van der Waals surface area contributed by atoms with Crippen LogP contribution in [0.4, 0.5) is 11.4 Å². The molecule has 0 radical (unpaired) electrons. The zero-order valence-corrected chi connectivity index (χ0v) is 9.53. The Bertz CT molecular complexity index is 366. The van der Waals surface area contributed by atoms with Gasteiger partial charge in [0.05, 0.1) is 4.92 Å². The molecule has 0 spiro atoms. The van der Waals surface area contributed by atoms with E-state index in [9.17, 15) is 10.1 Å². The summed E-state index contributed by atoms with van der Waals surface area (Å²) in [7, 11) is 1.65. The van der Waals surface area contributed by atoms with Gasteiger partial charge in [0.2, 0.25) is 0 Å². The summed E-state index contributed by atoms with van der Waals surface area (Å²) in [5.74, 6) is 0. The van der Waals surface area contributed by atoms with E-state index < -0.39 is 0 Å². The zero-order valence-electron chi connectivity index (χ0n) is 9.53. The maximum atomic E-state index is 10.7. The molecular formula is C11H16N2O3. The fourth-order valence-electron chi connectivity index (χ4n) is 1.37. The van der Waals surface area contributed by atoms with E-state index in [-0.39, 0.29) is 10.6 Å². The minimum Gasteiger partial charge on any atom is -0.385 e. The summed E-state index contributed by atoms with van der Waals surface area (Å²) < 4.78 is 4.91. The number of hydrogen-bond donors (Lipinski definition) is 1. The van der Waals surface area contributed by atoms with Crippen LogP contribution in [0.15, 0.2) is 18.2 Å². The van der Waals surface area contributed by atoms with E-state index in [0.717, 1.165) is 18.7 Å². The maximum absolute atomic E-state index is 10.7. The van der Waals surface area contributed by atoms with E-state index in [1.807, 2.05) is 6.07 Å². The SMILES string of the molecule is COCCCNc1ccc(C)c([N+](=O)[O-])c1. The lowest BCUT2D eigenvalue weighted by atomic mass is 10.2. The van der Waals surface area contributed by atoms with Gasteiger partial charge in [0.1, 0.15) is 0 Å². The van der Waals surface area contributed by atoms with Crippen LogP contribution in [-0.4, -0.2) is 25.2 Å². The lowest BCUT2D eigenvalue weighted by Crippen LogP contribution is -2.05. The Morgan fingerprint density at radius 2 is 2.25 bits per heavy atom. The second kappa shape index (κ2) is 6.07. The first kappa shape index (κ1) is 12.4. The third kappa shape index (κ3) is 3.51. The van der Waals surface area contributed by atoms with Crippen molar-refractivity contribution >= 4 is 11.4 Å². The van der Waals surface area contributed by atoms with Crippen LogP contribution in [-0.2, 0) is 4.74 Å². The van der Waals surface area contributed by atoms with Crippen LogP contribution in [0, 0.1) is 17.0 Å². The van der Waals surface area contributed by atoms with E-state index >= 15 is 0 Å². The third-order valence-electron chi connectivity index (χ3n) is 2.26. The Labute approximate surface area is 94.6 Å². The summed E-state index contributed by atoms with van der Waals surface area (Å²) in [6.45, 7) is 3.15. The molecular weight excluding hydrogens is 208 g/mol. The summed E-state index contributed by atoms with van der Waals surface area (Å²) in [6, 6.07) is 5.15. The van der Waals surface area contributed by atoms with E-state index in [4.69, 9.17) is 4.74 Å². The van der Waals surface area contributed by atoms with Crippen LogP contribution in [0.1, 0.15) is 12.0 Å². The summed E-state index contributed by atoms with van der Waals surface area (Å²) in [6.07, 6.45) is 0.873. The number of anilines is 1. The van der Waals surface area contributed by atoms with Crippen LogP contribution >= 0.6 is 0 Å². The smallest absolute Gasteiger partial charge is 0.274 e. The molecule has 0 unspecified atom stereocenters. The van der Waals surface area contributed by atoms with Gasteiger partial charge in [0.15, 0.2) is 0 Å². The number of nitrogens with zero attached hydrogens (tertiary/aromatic N) is 1. The number of nitrogens with one attached hydrogen (secondary N) is 1. The van der Waals surface area contributed by atoms with Gasteiger partial charge < -0.3 is 10.1 Å². The molecule has 1 aromatic carbocycles. The number of nitro benzene ring substituents is 1. The Hall–Kier alpha value is -1.62. The topological polar surface area (TPSA) is 64.4 Å². The minimum atomic E-state index is -0.365. The van der Waals surface area contributed by atoms with Crippen LogP contribution in [0.2, 0.25) is 0 Å². The number of benzene rings is 1. The second-order valence-corrected chi connectivity index (χ2v) is 3.53. The van der Waals surface area contributed by atoms with Gasteiger partial charge in [-0.1, -0.05) is 6.07 Å². The van der Waals surface area contributed by atoms with Gasteiger partial charge in [-0.05, 0) is 19.4 Å². The molecule has 1 rings (SSSR count). The van der Waals surface area contributed by atoms with Crippen LogP contribution in [0.25, 0.3) is 0 Å². The van der Waals surface area contributed by atoms with Crippen molar-refractivity contribution in [3.8, 4) is 0 Å². The molecule has 0 heterocycles. The summed E-state index contributed by atoms with van der Waals surface area (Å²) in [5.41, 5.74) is 1.59. The monoisotopic (exact) mass is 224 g/mol. The highest BCUT2D eigenvalue weighted by Gasteiger charge is 2.10. The Morgan fingerprint density at radius 3 is 2.88 bits per heavy atom. The van der Waals surface area contributed by atoms with E-state index in [0.29, 0.717) is 12.2 Å². The summed E-state index contributed by atoms with van der Waals surface area (Å²) >= 11 is 0. The molecule has 0 saturated heterocycles. The molecule has 0 amide bonds. The molecule has 0 fully saturated rings. The highest BCUT2D eigenvalue weighted by Crippen LogP contribution is 2.22. The number of hydrogen-bond acceptors (Lipinski definition) is 4. The lowest BCUT2D eigenvalue weighted by Gasteiger charge is -2.06. The Balaban J connectivity index is 2.61. The predicted octanol–water partition coefficient (Wildman–Crippen LogP) is 2.35. The minimum absolute atomic E-state index is 0.150. The van der Waals surface area contributed by atoms with Gasteiger partial charge in [-0.2, -0.15) is 0 Å². The standard InChI is InChI=1S/C11H16N2O3/c1-9-4-5-10(8-11(9)13(14)15)12-6-3-7-16-2/h4-5,8,12H,3,6-7H2,1-2H3. The molecule has 1 N–H and O–H groups in total. The average molecular weight is 224 g/mol. The number of aryl methyl sites for hydroxylation is 1. The average Bonchev–Trinajstić information content (AvgIpc) is 2.26. The van der Waals surface area contributed by atoms with Gasteiger partial charge in [0.25, 0.3) is 5.69 Å².